The molecule has 1 aromatic carbocycles. The summed E-state index contributed by atoms with van der Waals surface area (Å²) in [5.41, 5.74) is 2.41. The van der Waals surface area contributed by atoms with E-state index in [4.69, 9.17) is 4.74 Å². The van der Waals surface area contributed by atoms with Crippen molar-refractivity contribution >= 4 is 38.4 Å². The summed E-state index contributed by atoms with van der Waals surface area (Å²) in [7, 11) is 1.65. The van der Waals surface area contributed by atoms with Crippen molar-refractivity contribution in [2.45, 2.75) is 65.2 Å². The van der Waals surface area contributed by atoms with Gasteiger partial charge in [0.05, 0.1) is 23.5 Å². The van der Waals surface area contributed by atoms with Crippen LogP contribution in [0.25, 0.3) is 21.1 Å². The minimum atomic E-state index is -0.230. The van der Waals surface area contributed by atoms with Gasteiger partial charge < -0.3 is 14.2 Å². The number of rotatable bonds is 5. The Morgan fingerprint density at radius 2 is 1.97 bits per heavy atom. The fourth-order valence-electron chi connectivity index (χ4n) is 5.27. The van der Waals surface area contributed by atoms with Crippen molar-refractivity contribution in [3.05, 3.63) is 57.3 Å². The van der Waals surface area contributed by atoms with Gasteiger partial charge in [-0.3, -0.25) is 9.59 Å². The maximum Gasteiger partial charge on any atom is 0.291 e. The lowest BCUT2D eigenvalue weighted by molar-refractivity contribution is -0.138. The molecule has 5 rings (SSSR count). The molecule has 3 aromatic heterocycles. The minimum absolute atomic E-state index is 0.0412. The Morgan fingerprint density at radius 3 is 2.71 bits per heavy atom. The Bertz CT molecular complexity index is 1420. The first-order chi connectivity index (χ1) is 16.4. The van der Waals surface area contributed by atoms with Crippen LogP contribution >= 0.6 is 11.3 Å². The maximum atomic E-state index is 13.7. The van der Waals surface area contributed by atoms with Gasteiger partial charge in [-0.25, -0.2) is 4.68 Å². The summed E-state index contributed by atoms with van der Waals surface area (Å²) >= 11 is 1.66. The van der Waals surface area contributed by atoms with Crippen molar-refractivity contribution < 1.29 is 9.53 Å². The van der Waals surface area contributed by atoms with Crippen LogP contribution in [0.1, 0.15) is 43.6 Å². The summed E-state index contributed by atoms with van der Waals surface area (Å²) in [6.45, 7) is 6.73. The predicted octanol–water partition coefficient (Wildman–Crippen LogP) is 4.57. The number of carbonyl (C=O) groups is 1. The lowest BCUT2D eigenvalue weighted by Gasteiger charge is -2.39. The molecule has 2 atom stereocenters. The van der Waals surface area contributed by atoms with Crippen LogP contribution in [0.3, 0.4) is 0 Å². The second-order valence-electron chi connectivity index (χ2n) is 9.31. The van der Waals surface area contributed by atoms with Crippen molar-refractivity contribution in [1.29, 1.82) is 0 Å². The first-order valence-electron chi connectivity index (χ1n) is 11.8. The van der Waals surface area contributed by atoms with Gasteiger partial charge in [0.1, 0.15) is 17.8 Å². The highest BCUT2D eigenvalue weighted by Gasteiger charge is 2.29. The van der Waals surface area contributed by atoms with E-state index in [9.17, 15) is 9.59 Å². The van der Waals surface area contributed by atoms with E-state index in [1.807, 2.05) is 29.2 Å². The molecule has 0 radical (unpaired) electrons. The molecule has 1 aliphatic rings. The van der Waals surface area contributed by atoms with Crippen LogP contribution in [-0.4, -0.2) is 44.3 Å². The molecule has 0 saturated carbocycles. The van der Waals surface area contributed by atoms with Crippen LogP contribution < -0.4 is 10.3 Å². The predicted molar refractivity (Wildman–Crippen MR) is 136 cm³/mol. The van der Waals surface area contributed by atoms with Crippen LogP contribution in [-0.2, 0) is 17.9 Å². The molecular weight excluding hydrogens is 448 g/mol. The van der Waals surface area contributed by atoms with Gasteiger partial charge in [0.25, 0.3) is 5.56 Å². The van der Waals surface area contributed by atoms with E-state index in [0.29, 0.717) is 12.1 Å². The van der Waals surface area contributed by atoms with E-state index in [2.05, 4.69) is 36.5 Å². The Balaban J connectivity index is 1.58. The van der Waals surface area contributed by atoms with Gasteiger partial charge in [0.15, 0.2) is 0 Å². The molecule has 1 amide bonds. The molecule has 0 spiro atoms. The van der Waals surface area contributed by atoms with Gasteiger partial charge >= 0.3 is 0 Å². The van der Waals surface area contributed by atoms with E-state index < -0.39 is 0 Å². The number of hydrogen-bond acceptors (Lipinski definition) is 5. The number of thiophene rings is 1. The second kappa shape index (κ2) is 8.91. The fraction of sp³-hybridized carbons (Fsp3) is 0.423. The number of ether oxygens (including phenoxy) is 1. The number of fused-ring (bicyclic) bond motifs is 3. The number of nitrogens with zero attached hydrogens (tertiary/aromatic N) is 4. The molecule has 1 aliphatic heterocycles. The molecule has 4 aromatic rings. The molecule has 178 valence electrons. The monoisotopic (exact) mass is 478 g/mol. The van der Waals surface area contributed by atoms with Crippen LogP contribution in [0.4, 0.5) is 0 Å². The normalized spacial score (nSPS) is 18.6. The summed E-state index contributed by atoms with van der Waals surface area (Å²) < 4.78 is 9.83. The minimum Gasteiger partial charge on any atom is -0.497 e. The smallest absolute Gasteiger partial charge is 0.291 e. The van der Waals surface area contributed by atoms with Gasteiger partial charge in [-0.1, -0.05) is 12.1 Å². The topological polar surface area (TPSA) is 69.4 Å². The summed E-state index contributed by atoms with van der Waals surface area (Å²) in [6, 6.07) is 10.4. The van der Waals surface area contributed by atoms with Crippen LogP contribution in [0.15, 0.2) is 41.3 Å². The zero-order chi connectivity index (χ0) is 24.0. The third kappa shape index (κ3) is 3.90. The zero-order valence-corrected chi connectivity index (χ0v) is 20.9. The summed E-state index contributed by atoms with van der Waals surface area (Å²) in [6.07, 6.45) is 4.87. The zero-order valence-electron chi connectivity index (χ0n) is 20.1. The van der Waals surface area contributed by atoms with E-state index >= 15 is 0 Å². The summed E-state index contributed by atoms with van der Waals surface area (Å²) in [5, 5.41) is 5.27. The molecule has 7 nitrogen and oxygen atoms in total. The number of methoxy groups -OCH3 is 1. The number of hydrogen-bond donors (Lipinski definition) is 0. The lowest BCUT2D eigenvalue weighted by atomic mass is 9.97. The molecule has 4 heterocycles. The van der Waals surface area contributed by atoms with E-state index in [0.717, 1.165) is 46.2 Å². The maximum absolute atomic E-state index is 13.7. The molecule has 1 saturated heterocycles. The first kappa shape index (κ1) is 22.7. The quantitative estimate of drug-likeness (QED) is 0.421. The van der Waals surface area contributed by atoms with E-state index in [1.54, 1.807) is 24.6 Å². The first-order valence-corrected chi connectivity index (χ1v) is 12.6. The highest BCUT2D eigenvalue weighted by atomic mass is 32.1. The summed E-state index contributed by atoms with van der Waals surface area (Å²) in [5.74, 6) is 0.735. The molecule has 1 fully saturated rings. The van der Waals surface area contributed by atoms with E-state index in [-0.39, 0.29) is 30.1 Å². The number of piperidine rings is 1. The molecule has 8 heteroatoms. The largest absolute Gasteiger partial charge is 0.497 e. The van der Waals surface area contributed by atoms with Crippen molar-refractivity contribution in [1.82, 2.24) is 19.2 Å². The van der Waals surface area contributed by atoms with Gasteiger partial charge in [-0.2, -0.15) is 5.10 Å². The third-order valence-electron chi connectivity index (χ3n) is 6.90. The molecule has 2 unspecified atom stereocenters. The summed E-state index contributed by atoms with van der Waals surface area (Å²) in [4.78, 5) is 30.0. The number of amides is 1. The van der Waals surface area contributed by atoms with Gasteiger partial charge in [-0.05, 0) is 63.8 Å². The number of benzene rings is 1. The second-order valence-corrected chi connectivity index (χ2v) is 10.6. The number of likely N-dealkylation sites (tertiary alicyclic amines) is 1. The molecule has 0 aliphatic carbocycles. The van der Waals surface area contributed by atoms with Crippen LogP contribution in [0.5, 0.6) is 5.75 Å². The lowest BCUT2D eigenvalue weighted by Crippen LogP contribution is -2.49. The van der Waals surface area contributed by atoms with Gasteiger partial charge in [-0.15, -0.1) is 11.3 Å². The highest BCUT2D eigenvalue weighted by Crippen LogP contribution is 2.34. The standard InChI is InChI=1S/C26H30N4O3S/c1-16-7-5-8-17(2)30(16)23(31)15-29-26(32)24-21(13-27-29)25-22(11-18(3)34-25)28(24)14-19-9-6-10-20(12-19)33-4/h6,9-13,16-17H,5,7-8,14-15H2,1-4H3. The third-order valence-corrected chi connectivity index (χ3v) is 7.97. The molecule has 0 N–H and O–H groups in total. The fourth-order valence-corrected chi connectivity index (χ4v) is 6.30. The highest BCUT2D eigenvalue weighted by molar-refractivity contribution is 7.20. The Kier molecular flexibility index (Phi) is 5.93. The SMILES string of the molecule is COc1cccc(Cn2c3cc(C)sc3c3cnn(CC(=O)N4C(C)CCCC4C)c(=O)c32)c1. The molecule has 0 bridgehead atoms. The number of aryl methyl sites for hydroxylation is 1. The average Bonchev–Trinajstić information content (AvgIpc) is 3.32. The Morgan fingerprint density at radius 1 is 1.21 bits per heavy atom. The molecular formula is C26H30N4O3S. The Hall–Kier alpha value is -3.13. The van der Waals surface area contributed by atoms with Crippen LogP contribution in [0.2, 0.25) is 0 Å². The van der Waals surface area contributed by atoms with Crippen molar-refractivity contribution in [2.24, 2.45) is 0 Å². The van der Waals surface area contributed by atoms with Gasteiger partial charge in [0.2, 0.25) is 5.91 Å². The van der Waals surface area contributed by atoms with Crippen molar-refractivity contribution in [3.63, 3.8) is 0 Å². The average molecular weight is 479 g/mol. The number of carbonyl (C=O) groups excluding carboxylic acids is 1. The van der Waals surface area contributed by atoms with Crippen molar-refractivity contribution in [2.75, 3.05) is 7.11 Å². The van der Waals surface area contributed by atoms with Gasteiger partial charge in [0, 0.05) is 28.9 Å². The van der Waals surface area contributed by atoms with E-state index in [1.165, 1.54) is 9.56 Å². The van der Waals surface area contributed by atoms with Crippen molar-refractivity contribution in [3.8, 4) is 5.75 Å². The van der Waals surface area contributed by atoms with Crippen LogP contribution in [0, 0.1) is 6.92 Å². The number of aromatic nitrogens is 3. The molecule has 34 heavy (non-hydrogen) atoms. The Labute approximate surface area is 202 Å².